The van der Waals surface area contributed by atoms with Crippen LogP contribution in [0.1, 0.15) is 13.3 Å². The van der Waals surface area contributed by atoms with Crippen LogP contribution in [0.2, 0.25) is 0 Å². The molecule has 0 N–H and O–H groups in total. The molecule has 3 aromatic rings. The van der Waals surface area contributed by atoms with Crippen LogP contribution in [-0.2, 0) is 4.79 Å². The molecule has 0 aliphatic rings. The second-order valence-electron chi connectivity index (χ2n) is 5.75. The number of halogens is 1. The van der Waals surface area contributed by atoms with Crippen molar-refractivity contribution in [1.29, 1.82) is 0 Å². The summed E-state index contributed by atoms with van der Waals surface area (Å²) in [6, 6.07) is 30.5. The summed E-state index contributed by atoms with van der Waals surface area (Å²) in [6.45, 7) is -0.523. The topological polar surface area (TPSA) is 17.1 Å². The van der Waals surface area contributed by atoms with E-state index in [4.69, 9.17) is 11.6 Å². The number of hydrogen-bond donors (Lipinski definition) is 0. The molecule has 0 saturated carbocycles. The van der Waals surface area contributed by atoms with Crippen LogP contribution in [0.5, 0.6) is 0 Å². The predicted molar refractivity (Wildman–Crippen MR) is 111 cm³/mol. The highest BCUT2D eigenvalue weighted by Crippen LogP contribution is 2.47. The van der Waals surface area contributed by atoms with E-state index in [0.29, 0.717) is 11.2 Å². The van der Waals surface area contributed by atoms with Crippen molar-refractivity contribution in [3.05, 3.63) is 91.0 Å². The van der Waals surface area contributed by atoms with Gasteiger partial charge >= 0.3 is 0 Å². The first-order valence-corrected chi connectivity index (χ1v) is 10.5. The predicted octanol–water partition coefficient (Wildman–Crippen LogP) is 4.33. The van der Waals surface area contributed by atoms with E-state index in [1.54, 1.807) is 0 Å². The Bertz CT molecular complexity index is 799. The molecule has 0 aliphatic carbocycles. The van der Waals surface area contributed by atoms with Gasteiger partial charge in [-0.2, -0.15) is 0 Å². The standard InChI is InChI=1S/C22H20ClOP/c1-2-21(24)22(23)25(18-12-6-3-7-13-18,19-14-8-4-9-15-19)20-16-10-5-11-17-20/h3-17H,2H2,1H3. The van der Waals surface area contributed by atoms with E-state index in [0.717, 1.165) is 15.9 Å². The maximum Gasteiger partial charge on any atom is 0.174 e. The van der Waals surface area contributed by atoms with Crippen LogP contribution in [-0.4, -0.2) is 10.5 Å². The average Bonchev–Trinajstić information content (AvgIpc) is 2.70. The molecular weight excluding hydrogens is 347 g/mol. The summed E-state index contributed by atoms with van der Waals surface area (Å²) in [5.41, 5.74) is 0. The minimum absolute atomic E-state index is 0.00607. The molecule has 0 radical (unpaired) electrons. The highest BCUT2D eigenvalue weighted by molar-refractivity contribution is 7.98. The van der Waals surface area contributed by atoms with E-state index in [9.17, 15) is 4.79 Å². The molecule has 3 rings (SSSR count). The molecule has 0 heterocycles. The molecular formula is C22H20ClOP. The molecule has 0 bridgehead atoms. The third kappa shape index (κ3) is 3.23. The van der Waals surface area contributed by atoms with E-state index < -0.39 is 6.89 Å². The van der Waals surface area contributed by atoms with Crippen molar-refractivity contribution in [1.82, 2.24) is 0 Å². The molecule has 3 aromatic carbocycles. The quantitative estimate of drug-likeness (QED) is 0.614. The number of rotatable bonds is 5. The van der Waals surface area contributed by atoms with Crippen LogP contribution >= 0.6 is 18.5 Å². The van der Waals surface area contributed by atoms with Crippen molar-refractivity contribution in [2.75, 3.05) is 0 Å². The van der Waals surface area contributed by atoms with Gasteiger partial charge in [-0.1, -0.05) is 110 Å². The summed E-state index contributed by atoms with van der Waals surface area (Å²) in [6.07, 6.45) is 0.396. The van der Waals surface area contributed by atoms with Crippen molar-refractivity contribution in [2.24, 2.45) is 0 Å². The average molecular weight is 367 g/mol. The maximum atomic E-state index is 12.7. The second-order valence-corrected chi connectivity index (χ2v) is 9.72. The SMILES string of the molecule is CCC(=O)C(Cl)=P(c1ccccc1)(c1ccccc1)c1ccccc1. The first-order chi connectivity index (χ1) is 12.2. The molecule has 3 heteroatoms. The van der Waals surface area contributed by atoms with Crippen LogP contribution in [0.4, 0.5) is 0 Å². The Hall–Kier alpha value is -2.08. The molecule has 0 aliphatic heterocycles. The maximum absolute atomic E-state index is 12.7. The lowest BCUT2D eigenvalue weighted by Gasteiger charge is -2.30. The first-order valence-electron chi connectivity index (χ1n) is 8.33. The Morgan fingerprint density at radius 2 is 1.04 bits per heavy atom. The lowest BCUT2D eigenvalue weighted by atomic mass is 10.3. The van der Waals surface area contributed by atoms with Crippen molar-refractivity contribution >= 4 is 44.9 Å². The zero-order valence-corrected chi connectivity index (χ0v) is 15.8. The lowest BCUT2D eigenvalue weighted by molar-refractivity contribution is -0.112. The lowest BCUT2D eigenvalue weighted by Crippen LogP contribution is -2.31. The molecule has 25 heavy (non-hydrogen) atoms. The van der Waals surface area contributed by atoms with Gasteiger partial charge in [0.25, 0.3) is 0 Å². The van der Waals surface area contributed by atoms with Crippen LogP contribution in [0, 0.1) is 0 Å². The Labute approximate surface area is 154 Å². The van der Waals surface area contributed by atoms with Crippen molar-refractivity contribution < 1.29 is 4.79 Å². The summed E-state index contributed by atoms with van der Waals surface area (Å²) < 4.78 is 0.443. The molecule has 126 valence electrons. The van der Waals surface area contributed by atoms with Gasteiger partial charge in [0.1, 0.15) is 0 Å². The monoisotopic (exact) mass is 366 g/mol. The number of hydrogen-bond acceptors (Lipinski definition) is 1. The van der Waals surface area contributed by atoms with Gasteiger partial charge in [-0.05, 0) is 22.8 Å². The normalized spacial score (nSPS) is 11.1. The molecule has 0 amide bonds. The summed E-state index contributed by atoms with van der Waals surface area (Å²) in [4.78, 5) is 12.7. The number of benzene rings is 3. The fourth-order valence-corrected chi connectivity index (χ4v) is 8.05. The number of carbonyl (C=O) groups is 1. The van der Waals surface area contributed by atoms with Gasteiger partial charge in [0, 0.05) is 6.42 Å². The number of Topliss-reactive ketones (excluding diaryl/α,β-unsaturated/α-hetero) is 1. The Balaban J connectivity index is 2.52. The Morgan fingerprint density at radius 1 is 0.720 bits per heavy atom. The minimum Gasteiger partial charge on any atom is -0.293 e. The summed E-state index contributed by atoms with van der Waals surface area (Å²) >= 11 is 6.87. The molecule has 0 atom stereocenters. The summed E-state index contributed by atoms with van der Waals surface area (Å²) in [5.74, 6) is 0.00607. The van der Waals surface area contributed by atoms with Gasteiger partial charge < -0.3 is 0 Å². The fraction of sp³-hybridized carbons (Fsp3) is 0.0909. The highest BCUT2D eigenvalue weighted by Gasteiger charge is 2.31. The molecule has 0 saturated heterocycles. The Morgan fingerprint density at radius 3 is 1.32 bits per heavy atom. The van der Waals surface area contributed by atoms with Crippen LogP contribution < -0.4 is 15.9 Å². The molecule has 0 aromatic heterocycles. The number of ketones is 1. The van der Waals surface area contributed by atoms with Crippen molar-refractivity contribution in [3.63, 3.8) is 0 Å². The van der Waals surface area contributed by atoms with Crippen molar-refractivity contribution in [2.45, 2.75) is 13.3 Å². The minimum atomic E-state index is -2.38. The van der Waals surface area contributed by atoms with Gasteiger partial charge in [0.15, 0.2) is 5.78 Å². The molecule has 0 unspecified atom stereocenters. The summed E-state index contributed by atoms with van der Waals surface area (Å²) in [5, 5.41) is 3.29. The van der Waals surface area contributed by atoms with Gasteiger partial charge in [0.05, 0.1) is 4.75 Å². The largest absolute Gasteiger partial charge is 0.293 e. The van der Waals surface area contributed by atoms with Gasteiger partial charge in [-0.25, -0.2) is 0 Å². The second kappa shape index (κ2) is 7.87. The smallest absolute Gasteiger partial charge is 0.174 e. The first kappa shape index (κ1) is 17.7. The van der Waals surface area contributed by atoms with Crippen LogP contribution in [0.25, 0.3) is 0 Å². The zero-order chi connectivity index (χ0) is 17.7. The van der Waals surface area contributed by atoms with Crippen LogP contribution in [0.15, 0.2) is 91.0 Å². The zero-order valence-electron chi connectivity index (χ0n) is 14.1. The molecule has 1 nitrogen and oxygen atoms in total. The fourth-order valence-electron chi connectivity index (χ4n) is 3.07. The van der Waals surface area contributed by atoms with Gasteiger partial charge in [-0.3, -0.25) is 4.79 Å². The third-order valence-electron chi connectivity index (χ3n) is 4.28. The van der Waals surface area contributed by atoms with Gasteiger partial charge in [-0.15, -0.1) is 0 Å². The van der Waals surface area contributed by atoms with E-state index >= 15 is 0 Å². The van der Waals surface area contributed by atoms with Crippen molar-refractivity contribution in [3.8, 4) is 0 Å². The molecule has 0 fully saturated rings. The number of carbonyl (C=O) groups excluding carboxylic acids is 1. The third-order valence-corrected chi connectivity index (χ3v) is 9.30. The van der Waals surface area contributed by atoms with E-state index in [2.05, 4.69) is 36.4 Å². The van der Waals surface area contributed by atoms with Crippen LogP contribution in [0.3, 0.4) is 0 Å². The molecule has 0 spiro atoms. The van der Waals surface area contributed by atoms with E-state index in [1.165, 1.54) is 0 Å². The van der Waals surface area contributed by atoms with E-state index in [1.807, 2.05) is 61.5 Å². The summed E-state index contributed by atoms with van der Waals surface area (Å²) in [7, 11) is 0. The van der Waals surface area contributed by atoms with Gasteiger partial charge in [0.2, 0.25) is 0 Å². The van der Waals surface area contributed by atoms with E-state index in [-0.39, 0.29) is 5.78 Å². The highest BCUT2D eigenvalue weighted by atomic mass is 35.5. The Kier molecular flexibility index (Phi) is 5.58.